The maximum atomic E-state index is 10.8. The van der Waals surface area contributed by atoms with Gasteiger partial charge in [0, 0.05) is 5.54 Å². The first-order chi connectivity index (χ1) is 4.22. The average molecular weight is 125 g/mol. The van der Waals surface area contributed by atoms with E-state index in [0.29, 0.717) is 5.92 Å². The van der Waals surface area contributed by atoms with Crippen LogP contribution in [0.3, 0.4) is 0 Å². The van der Waals surface area contributed by atoms with Crippen LogP contribution >= 0.6 is 0 Å². The Morgan fingerprint density at radius 2 is 2.56 bits per heavy atom. The largest absolute Gasteiger partial charge is 0.350 e. The van der Waals surface area contributed by atoms with Gasteiger partial charge in [-0.1, -0.05) is 6.42 Å². The van der Waals surface area contributed by atoms with Gasteiger partial charge in [0.2, 0.25) is 5.91 Å². The lowest BCUT2D eigenvalue weighted by molar-refractivity contribution is -0.138. The van der Waals surface area contributed by atoms with Crippen LogP contribution in [0.4, 0.5) is 0 Å². The van der Waals surface area contributed by atoms with Crippen LogP contribution < -0.4 is 5.32 Å². The van der Waals surface area contributed by atoms with Crippen molar-refractivity contribution in [1.29, 1.82) is 0 Å². The molecule has 2 heteroatoms. The van der Waals surface area contributed by atoms with Gasteiger partial charge in [0.15, 0.2) is 0 Å². The van der Waals surface area contributed by atoms with Gasteiger partial charge in [-0.15, -0.1) is 0 Å². The van der Waals surface area contributed by atoms with Crippen LogP contribution in [-0.4, -0.2) is 11.4 Å². The number of carbonyl (C=O) groups is 1. The Bertz CT molecular complexity index is 166. The second-order valence-electron chi connectivity index (χ2n) is 3.35. The summed E-state index contributed by atoms with van der Waals surface area (Å²) in [6.45, 7) is 2.14. The molecule has 1 aliphatic carbocycles. The Morgan fingerprint density at radius 1 is 1.78 bits per heavy atom. The second-order valence-corrected chi connectivity index (χ2v) is 3.35. The van der Waals surface area contributed by atoms with Gasteiger partial charge in [0.25, 0.3) is 0 Å². The fourth-order valence-electron chi connectivity index (χ4n) is 2.03. The molecule has 0 bridgehead atoms. The zero-order valence-corrected chi connectivity index (χ0v) is 5.61. The first-order valence-corrected chi connectivity index (χ1v) is 3.54. The summed E-state index contributed by atoms with van der Waals surface area (Å²) < 4.78 is 0. The summed E-state index contributed by atoms with van der Waals surface area (Å²) >= 11 is 0. The van der Waals surface area contributed by atoms with Crippen LogP contribution in [0.15, 0.2) is 0 Å². The van der Waals surface area contributed by atoms with Crippen molar-refractivity contribution in [3.63, 3.8) is 0 Å². The monoisotopic (exact) mass is 125 g/mol. The molecule has 2 nitrogen and oxygen atoms in total. The number of β-lactam (4-membered cyclic amide) rings is 1. The average Bonchev–Trinajstić information content (AvgIpc) is 2.06. The van der Waals surface area contributed by atoms with Crippen LogP contribution in [-0.2, 0) is 4.79 Å². The van der Waals surface area contributed by atoms with Crippen molar-refractivity contribution in [1.82, 2.24) is 5.32 Å². The lowest BCUT2D eigenvalue weighted by Gasteiger charge is -2.42. The van der Waals surface area contributed by atoms with E-state index < -0.39 is 0 Å². The van der Waals surface area contributed by atoms with Crippen molar-refractivity contribution < 1.29 is 4.79 Å². The van der Waals surface area contributed by atoms with E-state index in [1.807, 2.05) is 0 Å². The van der Waals surface area contributed by atoms with Crippen LogP contribution in [0, 0.1) is 5.92 Å². The van der Waals surface area contributed by atoms with Gasteiger partial charge in [-0.3, -0.25) is 4.79 Å². The Kier molecular flexibility index (Phi) is 0.765. The highest BCUT2D eigenvalue weighted by Crippen LogP contribution is 2.41. The number of nitrogens with one attached hydrogen (secondary N) is 1. The Labute approximate surface area is 54.6 Å². The van der Waals surface area contributed by atoms with Gasteiger partial charge in [-0.2, -0.15) is 0 Å². The van der Waals surface area contributed by atoms with Gasteiger partial charge in [-0.05, 0) is 19.8 Å². The number of carbonyl (C=O) groups excluding carboxylic acids is 1. The van der Waals surface area contributed by atoms with Crippen molar-refractivity contribution in [3.05, 3.63) is 0 Å². The van der Waals surface area contributed by atoms with E-state index in [1.54, 1.807) is 0 Å². The predicted molar refractivity (Wildman–Crippen MR) is 33.9 cm³/mol. The molecule has 0 spiro atoms. The first kappa shape index (κ1) is 5.27. The second kappa shape index (κ2) is 1.31. The van der Waals surface area contributed by atoms with Crippen molar-refractivity contribution >= 4 is 5.91 Å². The Hall–Kier alpha value is -0.530. The van der Waals surface area contributed by atoms with E-state index in [9.17, 15) is 4.79 Å². The van der Waals surface area contributed by atoms with Crippen molar-refractivity contribution in [2.75, 3.05) is 0 Å². The summed E-state index contributed by atoms with van der Waals surface area (Å²) in [4.78, 5) is 10.8. The number of hydrogen-bond acceptors (Lipinski definition) is 1. The molecule has 9 heavy (non-hydrogen) atoms. The topological polar surface area (TPSA) is 29.1 Å². The molecular weight excluding hydrogens is 114 g/mol. The predicted octanol–water partition coefficient (Wildman–Crippen LogP) is 0.675. The molecule has 0 aromatic carbocycles. The molecule has 2 aliphatic rings. The third kappa shape index (κ3) is 0.485. The van der Waals surface area contributed by atoms with E-state index in [4.69, 9.17) is 0 Å². The molecular formula is C7H11NO. The molecule has 1 saturated carbocycles. The fourth-order valence-corrected chi connectivity index (χ4v) is 2.03. The van der Waals surface area contributed by atoms with Crippen molar-refractivity contribution in [2.45, 2.75) is 31.7 Å². The van der Waals surface area contributed by atoms with E-state index in [0.717, 1.165) is 6.42 Å². The lowest BCUT2D eigenvalue weighted by atomic mass is 9.80. The third-order valence-electron chi connectivity index (χ3n) is 2.68. The minimum atomic E-state index is 0.205. The van der Waals surface area contributed by atoms with E-state index in [-0.39, 0.29) is 11.4 Å². The third-order valence-corrected chi connectivity index (χ3v) is 2.68. The molecule has 2 rings (SSSR count). The van der Waals surface area contributed by atoms with E-state index >= 15 is 0 Å². The first-order valence-electron chi connectivity index (χ1n) is 3.54. The molecule has 0 aromatic rings. The van der Waals surface area contributed by atoms with Crippen LogP contribution in [0.1, 0.15) is 26.2 Å². The Morgan fingerprint density at radius 3 is 3.00 bits per heavy atom. The molecule has 1 aliphatic heterocycles. The molecule has 2 fully saturated rings. The fraction of sp³-hybridized carbons (Fsp3) is 0.857. The van der Waals surface area contributed by atoms with Crippen LogP contribution in [0.25, 0.3) is 0 Å². The SMILES string of the molecule is C[C@]12CCC[C@@H]1C(=O)N2. The molecule has 1 amide bonds. The molecule has 1 saturated heterocycles. The highest BCUT2D eigenvalue weighted by atomic mass is 16.2. The standard InChI is InChI=1S/C7H11NO/c1-7-4-2-3-5(7)6(9)8-7/h5H,2-4H2,1H3,(H,8,9)/t5-,7+/m1/s1. The minimum Gasteiger partial charge on any atom is -0.350 e. The smallest absolute Gasteiger partial charge is 0.225 e. The van der Waals surface area contributed by atoms with Crippen molar-refractivity contribution in [2.24, 2.45) is 5.92 Å². The Balaban J connectivity index is 2.21. The molecule has 1 N–H and O–H groups in total. The summed E-state index contributed by atoms with van der Waals surface area (Å²) in [7, 11) is 0. The van der Waals surface area contributed by atoms with Gasteiger partial charge >= 0.3 is 0 Å². The number of amides is 1. The zero-order valence-electron chi connectivity index (χ0n) is 5.61. The molecule has 1 heterocycles. The van der Waals surface area contributed by atoms with Gasteiger partial charge in [0.1, 0.15) is 0 Å². The highest BCUT2D eigenvalue weighted by Gasteiger charge is 2.52. The number of hydrogen-bond donors (Lipinski definition) is 1. The van der Waals surface area contributed by atoms with Gasteiger partial charge < -0.3 is 5.32 Å². The number of rotatable bonds is 0. The van der Waals surface area contributed by atoms with Crippen molar-refractivity contribution in [3.8, 4) is 0 Å². The quantitative estimate of drug-likeness (QED) is 0.474. The summed E-state index contributed by atoms with van der Waals surface area (Å²) in [6, 6.07) is 0. The summed E-state index contributed by atoms with van der Waals surface area (Å²) in [5.41, 5.74) is 0.205. The maximum absolute atomic E-state index is 10.8. The normalized spacial score (nSPS) is 47.7. The minimum absolute atomic E-state index is 0.205. The molecule has 0 unspecified atom stereocenters. The summed E-state index contributed by atoms with van der Waals surface area (Å²) in [6.07, 6.45) is 3.52. The maximum Gasteiger partial charge on any atom is 0.225 e. The number of fused-ring (bicyclic) bond motifs is 1. The van der Waals surface area contributed by atoms with Crippen LogP contribution in [0.5, 0.6) is 0 Å². The summed E-state index contributed by atoms with van der Waals surface area (Å²) in [5.74, 6) is 0.632. The van der Waals surface area contributed by atoms with E-state index in [2.05, 4.69) is 12.2 Å². The lowest BCUT2D eigenvalue weighted by Crippen LogP contribution is -2.64. The van der Waals surface area contributed by atoms with Gasteiger partial charge in [0.05, 0.1) is 5.92 Å². The zero-order chi connectivity index (χ0) is 6.48. The highest BCUT2D eigenvalue weighted by molar-refractivity contribution is 5.88. The van der Waals surface area contributed by atoms with Gasteiger partial charge in [-0.25, -0.2) is 0 Å². The molecule has 0 aromatic heterocycles. The summed E-state index contributed by atoms with van der Waals surface area (Å²) in [5, 5.41) is 2.94. The molecule has 2 atom stereocenters. The van der Waals surface area contributed by atoms with E-state index in [1.165, 1.54) is 12.8 Å². The molecule has 0 radical (unpaired) electrons. The molecule has 50 valence electrons. The van der Waals surface area contributed by atoms with Crippen LogP contribution in [0.2, 0.25) is 0 Å².